The highest BCUT2D eigenvalue weighted by Crippen LogP contribution is 2.32. The first kappa shape index (κ1) is 15.3. The standard InChI is InChI=1S/C14H12ClN3O2S/c1-20-14(19)13-12(17)8(6-16)7-18(13)10-5-9(15)3-4-11(10)21-2/h3-5,7H,17H2,1-2H3. The Hall–Kier alpha value is -2.10. The second kappa shape index (κ2) is 6.12. The first-order chi connectivity index (χ1) is 10.0. The van der Waals surface area contributed by atoms with Crippen molar-refractivity contribution < 1.29 is 9.53 Å². The van der Waals surface area contributed by atoms with Crippen LogP contribution in [0.1, 0.15) is 16.1 Å². The fourth-order valence-electron chi connectivity index (χ4n) is 1.96. The van der Waals surface area contributed by atoms with Crippen molar-refractivity contribution in [1.82, 2.24) is 4.57 Å². The Labute approximate surface area is 131 Å². The molecule has 0 aliphatic heterocycles. The van der Waals surface area contributed by atoms with E-state index >= 15 is 0 Å². The van der Waals surface area contributed by atoms with Gasteiger partial charge in [-0.1, -0.05) is 11.6 Å². The Kier molecular flexibility index (Phi) is 4.46. The van der Waals surface area contributed by atoms with Crippen LogP contribution in [0.4, 0.5) is 5.69 Å². The Morgan fingerprint density at radius 2 is 2.24 bits per heavy atom. The van der Waals surface area contributed by atoms with Gasteiger partial charge in [-0.15, -0.1) is 11.8 Å². The van der Waals surface area contributed by atoms with E-state index in [1.807, 2.05) is 18.4 Å². The molecule has 0 unspecified atom stereocenters. The van der Waals surface area contributed by atoms with Crippen LogP contribution in [0.5, 0.6) is 0 Å². The van der Waals surface area contributed by atoms with E-state index in [0.717, 1.165) is 4.90 Å². The zero-order valence-electron chi connectivity index (χ0n) is 11.4. The molecule has 7 heteroatoms. The molecule has 0 fully saturated rings. The quantitative estimate of drug-likeness (QED) is 0.694. The molecule has 0 spiro atoms. The molecule has 1 aromatic carbocycles. The van der Waals surface area contributed by atoms with Crippen LogP contribution in [0.15, 0.2) is 29.3 Å². The zero-order chi connectivity index (χ0) is 15.6. The van der Waals surface area contributed by atoms with Gasteiger partial charge in [0.1, 0.15) is 6.07 Å². The average molecular weight is 322 g/mol. The third-order valence-electron chi connectivity index (χ3n) is 2.94. The topological polar surface area (TPSA) is 81.0 Å². The first-order valence-corrected chi connectivity index (χ1v) is 7.46. The van der Waals surface area contributed by atoms with E-state index in [9.17, 15) is 4.79 Å². The van der Waals surface area contributed by atoms with E-state index in [0.29, 0.717) is 10.7 Å². The van der Waals surface area contributed by atoms with Crippen LogP contribution in [0.25, 0.3) is 5.69 Å². The van der Waals surface area contributed by atoms with E-state index in [4.69, 9.17) is 27.3 Å². The van der Waals surface area contributed by atoms with Gasteiger partial charge in [0, 0.05) is 16.1 Å². The molecule has 0 saturated heterocycles. The number of thioether (sulfide) groups is 1. The van der Waals surface area contributed by atoms with Crippen molar-refractivity contribution in [3.63, 3.8) is 0 Å². The number of nitrogens with two attached hydrogens (primary N) is 1. The summed E-state index contributed by atoms with van der Waals surface area (Å²) >= 11 is 7.53. The highest BCUT2D eigenvalue weighted by Gasteiger charge is 2.22. The maximum atomic E-state index is 12.0. The number of benzene rings is 1. The van der Waals surface area contributed by atoms with Crippen molar-refractivity contribution in [2.24, 2.45) is 0 Å². The number of hydrogen-bond acceptors (Lipinski definition) is 5. The monoisotopic (exact) mass is 321 g/mol. The molecule has 0 aliphatic rings. The number of aromatic nitrogens is 1. The predicted molar refractivity (Wildman–Crippen MR) is 83.0 cm³/mol. The number of anilines is 1. The second-order valence-electron chi connectivity index (χ2n) is 4.09. The van der Waals surface area contributed by atoms with Gasteiger partial charge in [-0.2, -0.15) is 5.26 Å². The number of nitrogens with zero attached hydrogens (tertiary/aromatic N) is 2. The van der Waals surface area contributed by atoms with Gasteiger partial charge in [0.05, 0.1) is 24.0 Å². The van der Waals surface area contributed by atoms with E-state index in [2.05, 4.69) is 0 Å². The van der Waals surface area contributed by atoms with Crippen LogP contribution < -0.4 is 5.73 Å². The molecule has 1 aromatic heterocycles. The van der Waals surface area contributed by atoms with Gasteiger partial charge in [-0.3, -0.25) is 0 Å². The molecular weight excluding hydrogens is 310 g/mol. The highest BCUT2D eigenvalue weighted by molar-refractivity contribution is 7.98. The first-order valence-electron chi connectivity index (χ1n) is 5.86. The van der Waals surface area contributed by atoms with Crippen LogP contribution in [-0.4, -0.2) is 23.9 Å². The summed E-state index contributed by atoms with van der Waals surface area (Å²) in [5, 5.41) is 9.63. The van der Waals surface area contributed by atoms with Crippen molar-refractivity contribution in [2.45, 2.75) is 4.90 Å². The third kappa shape index (κ3) is 2.71. The fraction of sp³-hybridized carbons (Fsp3) is 0.143. The van der Waals surface area contributed by atoms with E-state index < -0.39 is 5.97 Å². The number of esters is 1. The molecule has 2 N–H and O–H groups in total. The van der Waals surface area contributed by atoms with Gasteiger partial charge < -0.3 is 15.0 Å². The maximum Gasteiger partial charge on any atom is 0.357 e. The predicted octanol–water partition coefficient (Wildman–Crippen LogP) is 3.09. The van der Waals surface area contributed by atoms with E-state index in [1.165, 1.54) is 29.6 Å². The molecular formula is C14H12ClN3O2S. The summed E-state index contributed by atoms with van der Waals surface area (Å²) in [5.74, 6) is -0.610. The summed E-state index contributed by atoms with van der Waals surface area (Å²) in [6.07, 6.45) is 3.41. The zero-order valence-corrected chi connectivity index (χ0v) is 13.0. The minimum Gasteiger partial charge on any atom is -0.464 e. The van der Waals surface area contributed by atoms with E-state index in [-0.39, 0.29) is 16.9 Å². The molecule has 0 amide bonds. The Balaban J connectivity index is 2.78. The smallest absolute Gasteiger partial charge is 0.357 e. The molecule has 2 aromatic rings. The summed E-state index contributed by atoms with van der Waals surface area (Å²) in [6.45, 7) is 0. The summed E-state index contributed by atoms with van der Waals surface area (Å²) in [7, 11) is 1.26. The summed E-state index contributed by atoms with van der Waals surface area (Å²) < 4.78 is 6.29. The van der Waals surface area contributed by atoms with Crippen LogP contribution in [0.3, 0.4) is 0 Å². The Morgan fingerprint density at radius 3 is 2.81 bits per heavy atom. The second-order valence-corrected chi connectivity index (χ2v) is 5.38. The van der Waals surface area contributed by atoms with Crippen LogP contribution in [0, 0.1) is 11.3 Å². The van der Waals surface area contributed by atoms with E-state index in [1.54, 1.807) is 12.1 Å². The van der Waals surface area contributed by atoms with Crippen molar-refractivity contribution in [1.29, 1.82) is 5.26 Å². The van der Waals surface area contributed by atoms with Crippen LogP contribution in [0.2, 0.25) is 5.02 Å². The van der Waals surface area contributed by atoms with Crippen molar-refractivity contribution >= 4 is 35.0 Å². The van der Waals surface area contributed by atoms with Gasteiger partial charge in [0.2, 0.25) is 0 Å². The van der Waals surface area contributed by atoms with Gasteiger partial charge in [-0.25, -0.2) is 4.79 Å². The lowest BCUT2D eigenvalue weighted by Crippen LogP contribution is -2.11. The molecule has 0 atom stereocenters. The molecule has 0 radical (unpaired) electrons. The number of rotatable bonds is 3. The number of nitriles is 1. The highest BCUT2D eigenvalue weighted by atomic mass is 35.5. The number of halogens is 1. The van der Waals surface area contributed by atoms with Gasteiger partial charge in [-0.05, 0) is 24.5 Å². The normalized spacial score (nSPS) is 10.2. The number of nitrogen functional groups attached to an aromatic ring is 1. The SMILES string of the molecule is COC(=O)c1c(N)c(C#N)cn1-c1cc(Cl)ccc1SC. The number of carbonyl (C=O) groups excluding carboxylic acids is 1. The average Bonchev–Trinajstić information content (AvgIpc) is 2.83. The lowest BCUT2D eigenvalue weighted by molar-refractivity contribution is 0.0593. The van der Waals surface area contributed by atoms with Gasteiger partial charge >= 0.3 is 5.97 Å². The minimum atomic E-state index is -0.610. The van der Waals surface area contributed by atoms with Crippen molar-refractivity contribution in [3.05, 3.63) is 40.7 Å². The molecule has 108 valence electrons. The molecule has 0 aliphatic carbocycles. The number of ether oxygens (including phenoxy) is 1. The summed E-state index contributed by atoms with van der Waals surface area (Å²) in [5.41, 5.74) is 6.97. The molecule has 5 nitrogen and oxygen atoms in total. The number of hydrogen-bond donors (Lipinski definition) is 1. The number of carbonyl (C=O) groups is 1. The van der Waals surface area contributed by atoms with Gasteiger partial charge in [0.15, 0.2) is 5.69 Å². The largest absolute Gasteiger partial charge is 0.464 e. The molecule has 0 bridgehead atoms. The molecule has 0 saturated carbocycles. The van der Waals surface area contributed by atoms with Crippen LogP contribution in [-0.2, 0) is 4.74 Å². The van der Waals surface area contributed by atoms with Crippen LogP contribution >= 0.6 is 23.4 Å². The summed E-state index contributed by atoms with van der Waals surface area (Å²) in [4.78, 5) is 12.9. The molecule has 1 heterocycles. The van der Waals surface area contributed by atoms with Crippen molar-refractivity contribution in [3.8, 4) is 11.8 Å². The summed E-state index contributed by atoms with van der Waals surface area (Å²) in [6, 6.07) is 7.27. The Bertz CT molecular complexity index is 749. The van der Waals surface area contributed by atoms with Crippen molar-refractivity contribution in [2.75, 3.05) is 19.1 Å². The maximum absolute atomic E-state index is 12.0. The lowest BCUT2D eigenvalue weighted by atomic mass is 10.2. The fourth-order valence-corrected chi connectivity index (χ4v) is 2.69. The number of methoxy groups -OCH3 is 1. The minimum absolute atomic E-state index is 0.0939. The molecule has 21 heavy (non-hydrogen) atoms. The lowest BCUT2D eigenvalue weighted by Gasteiger charge is -2.12. The van der Waals surface area contributed by atoms with Gasteiger partial charge in [0.25, 0.3) is 0 Å². The molecule has 2 rings (SSSR count). The Morgan fingerprint density at radius 1 is 1.52 bits per heavy atom. The third-order valence-corrected chi connectivity index (χ3v) is 3.96.